The van der Waals surface area contributed by atoms with E-state index in [0.29, 0.717) is 32.2 Å². The molecule has 4 heterocycles. The molecule has 0 saturated carbocycles. The first kappa shape index (κ1) is 22.7. The van der Waals surface area contributed by atoms with Crippen LogP contribution in [0.5, 0.6) is 0 Å². The number of para-hydroxylation sites is 2. The first-order valence-corrected chi connectivity index (χ1v) is 12.2. The van der Waals surface area contributed by atoms with Crippen molar-refractivity contribution < 1.29 is 29.3 Å². The van der Waals surface area contributed by atoms with Crippen molar-refractivity contribution in [2.75, 3.05) is 6.61 Å². The van der Waals surface area contributed by atoms with Gasteiger partial charge in [0.15, 0.2) is 12.4 Å². The number of carbonyl (C=O) groups is 2. The van der Waals surface area contributed by atoms with Gasteiger partial charge in [0.2, 0.25) is 17.1 Å². The van der Waals surface area contributed by atoms with Gasteiger partial charge in [-0.2, -0.15) is 4.73 Å². The Morgan fingerprint density at radius 1 is 1.05 bits per heavy atom. The van der Waals surface area contributed by atoms with E-state index < -0.39 is 18.4 Å². The molecular formula is C27H21N5O6. The van der Waals surface area contributed by atoms with Crippen LogP contribution in [0.25, 0.3) is 21.8 Å². The second kappa shape index (κ2) is 8.28. The molecule has 11 nitrogen and oxygen atoms in total. The molecule has 2 aliphatic rings. The standard InChI is InChI=1S/C27H21N5O6/c33-13-21-20(34)9-22(38-21)31-11-14(28-29-31)10-30-18-7-3-1-5-15(18)24-25(30)27(36)23-16-6-2-4-8-19(16)32(37)12-17(23)26(24)35/h1-8,11-12,20-22,33-34H,9-10,13H2/t20-,21+,22?/m0/s1. The van der Waals surface area contributed by atoms with E-state index in [0.717, 1.165) is 0 Å². The summed E-state index contributed by atoms with van der Waals surface area (Å²) in [6, 6.07) is 14.0. The second-order valence-electron chi connectivity index (χ2n) is 9.55. The number of fused-ring (bicyclic) bond motifs is 6. The van der Waals surface area contributed by atoms with Crippen molar-refractivity contribution in [1.82, 2.24) is 19.6 Å². The van der Waals surface area contributed by atoms with Crippen molar-refractivity contribution in [3.63, 3.8) is 0 Å². The molecule has 0 amide bonds. The summed E-state index contributed by atoms with van der Waals surface area (Å²) < 4.78 is 9.54. The van der Waals surface area contributed by atoms with Crippen molar-refractivity contribution >= 4 is 33.4 Å². The zero-order valence-electron chi connectivity index (χ0n) is 19.9. The predicted octanol–water partition coefficient (Wildman–Crippen LogP) is 1.48. The summed E-state index contributed by atoms with van der Waals surface area (Å²) in [5, 5.41) is 41.5. The summed E-state index contributed by atoms with van der Waals surface area (Å²) >= 11 is 0. The van der Waals surface area contributed by atoms with Crippen LogP contribution in [0.4, 0.5) is 0 Å². The van der Waals surface area contributed by atoms with Gasteiger partial charge in [-0.05, 0) is 12.1 Å². The topological polar surface area (TPSA) is 146 Å². The molecule has 1 fully saturated rings. The Morgan fingerprint density at radius 2 is 1.82 bits per heavy atom. The highest BCUT2D eigenvalue weighted by Crippen LogP contribution is 2.37. The Kier molecular flexibility index (Phi) is 4.95. The molecule has 3 atom stereocenters. The van der Waals surface area contributed by atoms with Crippen LogP contribution in [0.2, 0.25) is 0 Å². The van der Waals surface area contributed by atoms with E-state index >= 15 is 0 Å². The average molecular weight is 511 g/mol. The fourth-order valence-corrected chi connectivity index (χ4v) is 5.61. The Balaban J connectivity index is 1.36. The Hall–Kier alpha value is -4.45. The molecule has 1 unspecified atom stereocenters. The maximum Gasteiger partial charge on any atom is 0.224 e. The zero-order valence-corrected chi connectivity index (χ0v) is 19.9. The number of ether oxygens (including phenoxy) is 1. The number of nitrogens with zero attached hydrogens (tertiary/aromatic N) is 5. The average Bonchev–Trinajstić information content (AvgIpc) is 3.63. The summed E-state index contributed by atoms with van der Waals surface area (Å²) in [5.74, 6) is -0.727. The molecule has 190 valence electrons. The summed E-state index contributed by atoms with van der Waals surface area (Å²) in [7, 11) is 0. The largest absolute Gasteiger partial charge is 0.618 e. The lowest BCUT2D eigenvalue weighted by molar-refractivity contribution is -0.577. The molecular weight excluding hydrogens is 490 g/mol. The molecule has 0 spiro atoms. The monoisotopic (exact) mass is 511 g/mol. The zero-order chi connectivity index (χ0) is 26.1. The van der Waals surface area contributed by atoms with Gasteiger partial charge in [-0.15, -0.1) is 5.10 Å². The van der Waals surface area contributed by atoms with Gasteiger partial charge < -0.3 is 24.7 Å². The van der Waals surface area contributed by atoms with Gasteiger partial charge in [-0.1, -0.05) is 35.5 Å². The van der Waals surface area contributed by atoms with Gasteiger partial charge in [-0.3, -0.25) is 9.59 Å². The molecule has 1 aliphatic heterocycles. The molecule has 2 aromatic carbocycles. The highest BCUT2D eigenvalue weighted by atomic mass is 16.5. The number of aliphatic hydroxyl groups is 2. The summed E-state index contributed by atoms with van der Waals surface area (Å²) in [6.45, 7) is -0.158. The lowest BCUT2D eigenvalue weighted by atomic mass is 9.85. The van der Waals surface area contributed by atoms with Crippen molar-refractivity contribution in [1.29, 1.82) is 0 Å². The first-order chi connectivity index (χ1) is 18.5. The quantitative estimate of drug-likeness (QED) is 0.267. The van der Waals surface area contributed by atoms with Crippen LogP contribution in [0.3, 0.4) is 0 Å². The number of benzene rings is 2. The summed E-state index contributed by atoms with van der Waals surface area (Å²) in [5.41, 5.74) is 2.28. The number of ketones is 2. The summed E-state index contributed by atoms with van der Waals surface area (Å²) in [6.07, 6.45) is 1.01. The summed E-state index contributed by atoms with van der Waals surface area (Å²) in [4.78, 5) is 27.9. The normalized spacial score (nSPS) is 20.8. The first-order valence-electron chi connectivity index (χ1n) is 12.2. The molecule has 3 aromatic heterocycles. The maximum atomic E-state index is 14.1. The minimum atomic E-state index is -0.815. The van der Waals surface area contributed by atoms with Crippen LogP contribution in [0, 0.1) is 5.21 Å². The van der Waals surface area contributed by atoms with Gasteiger partial charge >= 0.3 is 0 Å². The second-order valence-corrected chi connectivity index (χ2v) is 9.55. The molecule has 11 heteroatoms. The maximum absolute atomic E-state index is 14.1. The number of hydrogen-bond acceptors (Lipinski definition) is 8. The van der Waals surface area contributed by atoms with Crippen LogP contribution < -0.4 is 4.73 Å². The van der Waals surface area contributed by atoms with Crippen LogP contribution >= 0.6 is 0 Å². The van der Waals surface area contributed by atoms with E-state index in [2.05, 4.69) is 10.3 Å². The van der Waals surface area contributed by atoms with Crippen molar-refractivity contribution in [3.05, 3.63) is 94.2 Å². The highest BCUT2D eigenvalue weighted by Gasteiger charge is 2.39. The molecule has 0 bridgehead atoms. The van der Waals surface area contributed by atoms with Gasteiger partial charge in [0.1, 0.15) is 17.5 Å². The molecule has 1 aliphatic carbocycles. The fraction of sp³-hybridized carbons (Fsp3) is 0.222. The Morgan fingerprint density at radius 3 is 2.61 bits per heavy atom. The third kappa shape index (κ3) is 3.16. The van der Waals surface area contributed by atoms with E-state index in [1.54, 1.807) is 47.2 Å². The van der Waals surface area contributed by atoms with Gasteiger partial charge in [-0.25, -0.2) is 4.68 Å². The van der Waals surface area contributed by atoms with Crippen molar-refractivity contribution in [2.24, 2.45) is 0 Å². The van der Waals surface area contributed by atoms with E-state index in [9.17, 15) is 25.0 Å². The fourth-order valence-electron chi connectivity index (χ4n) is 5.61. The van der Waals surface area contributed by atoms with Crippen molar-refractivity contribution in [3.8, 4) is 0 Å². The third-order valence-corrected chi connectivity index (χ3v) is 7.37. The van der Waals surface area contributed by atoms with E-state index in [4.69, 9.17) is 4.74 Å². The SMILES string of the molecule is O=C1c2c[n+]([O-])c3ccccc3c2C(=O)c2c1c1ccccc1n2Cc1cn(C2C[C@H](O)[C@@H](CO)O2)nn1. The van der Waals surface area contributed by atoms with Crippen LogP contribution in [0.15, 0.2) is 60.9 Å². The number of carbonyl (C=O) groups excluding carboxylic acids is 2. The van der Waals surface area contributed by atoms with E-state index in [-0.39, 0.29) is 53.5 Å². The highest BCUT2D eigenvalue weighted by molar-refractivity contribution is 6.34. The molecule has 1 saturated heterocycles. The lowest BCUT2D eigenvalue weighted by Gasteiger charge is -2.18. The number of hydrogen-bond donors (Lipinski definition) is 2. The minimum Gasteiger partial charge on any atom is -0.618 e. The minimum absolute atomic E-state index is 0.0837. The molecule has 0 radical (unpaired) electrons. The number of aromatic nitrogens is 5. The number of aliphatic hydroxyl groups excluding tert-OH is 2. The van der Waals surface area contributed by atoms with Crippen molar-refractivity contribution in [2.45, 2.75) is 31.4 Å². The van der Waals surface area contributed by atoms with E-state index in [1.807, 2.05) is 12.1 Å². The predicted molar refractivity (Wildman–Crippen MR) is 132 cm³/mol. The smallest absolute Gasteiger partial charge is 0.224 e. The molecule has 7 rings (SSSR count). The van der Waals surface area contributed by atoms with Crippen LogP contribution in [-0.2, 0) is 11.3 Å². The Bertz CT molecular complexity index is 1790. The van der Waals surface area contributed by atoms with Crippen LogP contribution in [-0.4, -0.2) is 60.2 Å². The molecule has 5 aromatic rings. The van der Waals surface area contributed by atoms with Crippen LogP contribution in [0.1, 0.15) is 50.3 Å². The van der Waals surface area contributed by atoms with Gasteiger partial charge in [0.05, 0.1) is 47.5 Å². The van der Waals surface area contributed by atoms with Gasteiger partial charge in [0, 0.05) is 23.4 Å². The number of rotatable bonds is 4. The number of pyridine rings is 1. The molecule has 38 heavy (non-hydrogen) atoms. The molecule has 2 N–H and O–H groups in total. The Labute approximate surface area is 214 Å². The third-order valence-electron chi connectivity index (χ3n) is 7.37. The van der Waals surface area contributed by atoms with Gasteiger partial charge in [0.25, 0.3) is 0 Å². The lowest BCUT2D eigenvalue weighted by Crippen LogP contribution is -2.33. The van der Waals surface area contributed by atoms with E-state index in [1.165, 1.54) is 10.9 Å².